The Morgan fingerprint density at radius 1 is 1.43 bits per heavy atom. The summed E-state index contributed by atoms with van der Waals surface area (Å²) in [6, 6.07) is 0.674. The van der Waals surface area contributed by atoms with E-state index in [1.807, 2.05) is 32.6 Å². The van der Waals surface area contributed by atoms with Gasteiger partial charge in [-0.1, -0.05) is 0 Å². The van der Waals surface area contributed by atoms with Crippen molar-refractivity contribution in [1.82, 2.24) is 15.2 Å². The summed E-state index contributed by atoms with van der Waals surface area (Å²) in [5.41, 5.74) is 0.647. The van der Waals surface area contributed by atoms with Gasteiger partial charge in [0.2, 0.25) is 0 Å². The molecule has 1 aliphatic heterocycles. The Balaban J connectivity index is 1.85. The van der Waals surface area contributed by atoms with Gasteiger partial charge in [0, 0.05) is 30.2 Å². The molecule has 23 heavy (non-hydrogen) atoms. The van der Waals surface area contributed by atoms with Crippen molar-refractivity contribution in [3.8, 4) is 0 Å². The Hall–Kier alpha value is -1.14. The number of aromatic nitrogens is 1. The van der Waals surface area contributed by atoms with Crippen LogP contribution in [0.5, 0.6) is 0 Å². The van der Waals surface area contributed by atoms with Crippen molar-refractivity contribution in [2.45, 2.75) is 71.6 Å². The molecule has 0 bridgehead atoms. The summed E-state index contributed by atoms with van der Waals surface area (Å²) in [6.45, 7) is 11.4. The number of aryl methyl sites for hydroxylation is 1. The van der Waals surface area contributed by atoms with Gasteiger partial charge in [0.1, 0.15) is 10.6 Å². The second-order valence-electron chi connectivity index (χ2n) is 7.31. The number of amides is 1. The van der Waals surface area contributed by atoms with Crippen molar-refractivity contribution < 1.29 is 9.53 Å². The van der Waals surface area contributed by atoms with E-state index in [9.17, 15) is 4.79 Å². The van der Waals surface area contributed by atoms with Gasteiger partial charge in [-0.25, -0.2) is 9.78 Å². The standard InChI is InChI=1S/C17H29N3O2S/c1-12-11-23-15(18-12)13(2)19-14-7-6-9-20(10-8-14)16(21)22-17(3,4)5/h11,13-14,19H,6-10H2,1-5H3. The number of carbonyl (C=O) groups excluding carboxylic acids is 1. The summed E-state index contributed by atoms with van der Waals surface area (Å²) in [5, 5.41) is 6.89. The van der Waals surface area contributed by atoms with E-state index in [0.717, 1.165) is 43.1 Å². The first-order valence-electron chi connectivity index (χ1n) is 8.40. The van der Waals surface area contributed by atoms with Crippen LogP contribution in [-0.4, -0.2) is 40.7 Å². The lowest BCUT2D eigenvalue weighted by Gasteiger charge is -2.26. The Kier molecular flexibility index (Phi) is 6.03. The zero-order chi connectivity index (χ0) is 17.0. The molecule has 5 nitrogen and oxygen atoms in total. The Labute approximate surface area is 143 Å². The number of ether oxygens (including phenoxy) is 1. The van der Waals surface area contributed by atoms with Gasteiger partial charge in [0.25, 0.3) is 0 Å². The SMILES string of the molecule is Cc1csc(C(C)NC2CCCN(C(=O)OC(C)(C)C)CC2)n1. The van der Waals surface area contributed by atoms with Gasteiger partial charge in [-0.15, -0.1) is 11.3 Å². The number of likely N-dealkylation sites (tertiary alicyclic amines) is 1. The second-order valence-corrected chi connectivity index (χ2v) is 8.20. The molecular weight excluding hydrogens is 310 g/mol. The summed E-state index contributed by atoms with van der Waals surface area (Å²) in [5.74, 6) is 0. The highest BCUT2D eigenvalue weighted by Gasteiger charge is 2.26. The van der Waals surface area contributed by atoms with Crippen molar-refractivity contribution in [2.75, 3.05) is 13.1 Å². The van der Waals surface area contributed by atoms with Gasteiger partial charge in [0.15, 0.2) is 0 Å². The number of rotatable bonds is 3. The summed E-state index contributed by atoms with van der Waals surface area (Å²) < 4.78 is 5.48. The fraction of sp³-hybridized carbons (Fsp3) is 0.765. The summed E-state index contributed by atoms with van der Waals surface area (Å²) >= 11 is 1.71. The van der Waals surface area contributed by atoms with Crippen LogP contribution in [0.3, 0.4) is 0 Å². The molecule has 2 atom stereocenters. The topological polar surface area (TPSA) is 54.5 Å². The van der Waals surface area contributed by atoms with Crippen LogP contribution in [0, 0.1) is 6.92 Å². The minimum Gasteiger partial charge on any atom is -0.444 e. The number of nitrogens with one attached hydrogen (secondary N) is 1. The van der Waals surface area contributed by atoms with E-state index >= 15 is 0 Å². The first-order valence-corrected chi connectivity index (χ1v) is 9.28. The van der Waals surface area contributed by atoms with Crippen molar-refractivity contribution in [3.05, 3.63) is 16.1 Å². The monoisotopic (exact) mass is 339 g/mol. The van der Waals surface area contributed by atoms with Gasteiger partial charge in [-0.3, -0.25) is 0 Å². The van der Waals surface area contributed by atoms with Crippen molar-refractivity contribution in [3.63, 3.8) is 0 Å². The lowest BCUT2D eigenvalue weighted by atomic mass is 10.1. The third-order valence-electron chi connectivity index (χ3n) is 3.87. The van der Waals surface area contributed by atoms with E-state index in [1.165, 1.54) is 0 Å². The molecule has 1 amide bonds. The lowest BCUT2D eigenvalue weighted by Crippen LogP contribution is -2.38. The first-order chi connectivity index (χ1) is 10.7. The maximum Gasteiger partial charge on any atom is 0.410 e. The molecule has 0 radical (unpaired) electrons. The maximum absolute atomic E-state index is 12.2. The molecule has 1 aliphatic rings. The number of nitrogens with zero attached hydrogens (tertiary/aromatic N) is 2. The zero-order valence-electron chi connectivity index (χ0n) is 14.9. The fourth-order valence-electron chi connectivity index (χ4n) is 2.77. The minimum absolute atomic E-state index is 0.193. The molecule has 6 heteroatoms. The lowest BCUT2D eigenvalue weighted by molar-refractivity contribution is 0.0256. The first kappa shape index (κ1) is 18.2. The van der Waals surface area contributed by atoms with E-state index in [0.29, 0.717) is 6.04 Å². The zero-order valence-corrected chi connectivity index (χ0v) is 15.7. The van der Waals surface area contributed by atoms with Crippen LogP contribution in [0.4, 0.5) is 4.79 Å². The minimum atomic E-state index is -0.432. The average molecular weight is 340 g/mol. The maximum atomic E-state index is 12.2. The molecule has 1 N–H and O–H groups in total. The fourth-order valence-corrected chi connectivity index (χ4v) is 3.58. The normalized spacial score (nSPS) is 20.9. The average Bonchev–Trinajstić information content (AvgIpc) is 2.73. The van der Waals surface area contributed by atoms with Crippen LogP contribution in [-0.2, 0) is 4.74 Å². The van der Waals surface area contributed by atoms with Crippen LogP contribution in [0.25, 0.3) is 0 Å². The molecule has 2 unspecified atom stereocenters. The smallest absolute Gasteiger partial charge is 0.410 e. The largest absolute Gasteiger partial charge is 0.444 e. The molecule has 0 spiro atoms. The van der Waals surface area contributed by atoms with Crippen LogP contribution in [0.1, 0.15) is 63.7 Å². The van der Waals surface area contributed by atoms with Gasteiger partial charge < -0.3 is 15.0 Å². The molecule has 1 aromatic rings. The number of hydrogen-bond acceptors (Lipinski definition) is 5. The van der Waals surface area contributed by atoms with Gasteiger partial charge in [0.05, 0.1) is 6.04 Å². The Bertz CT molecular complexity index is 524. The van der Waals surface area contributed by atoms with Crippen LogP contribution < -0.4 is 5.32 Å². The molecule has 2 rings (SSSR count). The van der Waals surface area contributed by atoms with E-state index < -0.39 is 5.60 Å². The summed E-state index contributed by atoms with van der Waals surface area (Å²) in [4.78, 5) is 18.6. The van der Waals surface area contributed by atoms with Crippen molar-refractivity contribution in [2.24, 2.45) is 0 Å². The number of thiazole rings is 1. The highest BCUT2D eigenvalue weighted by Crippen LogP contribution is 2.21. The summed E-state index contributed by atoms with van der Waals surface area (Å²) in [7, 11) is 0. The van der Waals surface area contributed by atoms with Crippen LogP contribution in [0.15, 0.2) is 5.38 Å². The molecule has 2 heterocycles. The van der Waals surface area contributed by atoms with E-state index in [4.69, 9.17) is 4.74 Å². The van der Waals surface area contributed by atoms with E-state index in [1.54, 1.807) is 11.3 Å². The molecule has 0 aliphatic carbocycles. The predicted molar refractivity (Wildman–Crippen MR) is 93.8 cm³/mol. The highest BCUT2D eigenvalue weighted by molar-refractivity contribution is 7.09. The number of hydrogen-bond donors (Lipinski definition) is 1. The highest BCUT2D eigenvalue weighted by atomic mass is 32.1. The Morgan fingerprint density at radius 2 is 2.17 bits per heavy atom. The summed E-state index contributed by atoms with van der Waals surface area (Å²) in [6.07, 6.45) is 2.84. The number of carbonyl (C=O) groups is 1. The Morgan fingerprint density at radius 3 is 2.78 bits per heavy atom. The molecule has 1 saturated heterocycles. The molecule has 1 fully saturated rings. The van der Waals surface area contributed by atoms with Gasteiger partial charge >= 0.3 is 6.09 Å². The van der Waals surface area contributed by atoms with Gasteiger partial charge in [-0.2, -0.15) is 0 Å². The molecule has 1 aromatic heterocycles. The molecular formula is C17H29N3O2S. The van der Waals surface area contributed by atoms with Crippen LogP contribution >= 0.6 is 11.3 Å². The molecule has 0 aromatic carbocycles. The van der Waals surface area contributed by atoms with Crippen LogP contribution in [0.2, 0.25) is 0 Å². The molecule has 130 valence electrons. The predicted octanol–water partition coefficient (Wildman–Crippen LogP) is 3.89. The van der Waals surface area contributed by atoms with E-state index in [2.05, 4.69) is 22.6 Å². The van der Waals surface area contributed by atoms with Gasteiger partial charge in [-0.05, 0) is 53.9 Å². The van der Waals surface area contributed by atoms with Crippen molar-refractivity contribution >= 4 is 17.4 Å². The quantitative estimate of drug-likeness (QED) is 0.907. The third-order valence-corrected chi connectivity index (χ3v) is 5.02. The molecule has 0 saturated carbocycles. The van der Waals surface area contributed by atoms with Crippen molar-refractivity contribution in [1.29, 1.82) is 0 Å². The second kappa shape index (κ2) is 7.62. The van der Waals surface area contributed by atoms with E-state index in [-0.39, 0.29) is 12.1 Å². The third kappa shape index (κ3) is 5.77.